The molecule has 0 saturated heterocycles. The Hall–Kier alpha value is -1.28. The maximum Gasteiger partial charge on any atom is 0.472 e. The number of aliphatic hydroxyl groups is 1. The number of nitrogens with zero attached hydrogens (tertiary/aromatic N) is 1. The van der Waals surface area contributed by atoms with Gasteiger partial charge in [0.1, 0.15) is 13.2 Å². The van der Waals surface area contributed by atoms with Gasteiger partial charge in [-0.05, 0) is 51.4 Å². The minimum absolute atomic E-state index is 0.0772. The van der Waals surface area contributed by atoms with Gasteiger partial charge in [0.25, 0.3) is 0 Å². The predicted octanol–water partition coefficient (Wildman–Crippen LogP) is 23.6. The van der Waals surface area contributed by atoms with Crippen molar-refractivity contribution in [3.8, 4) is 0 Å². The van der Waals surface area contributed by atoms with Crippen LogP contribution in [0.4, 0.5) is 0 Å². The molecule has 0 heterocycles. The molecule has 0 aliphatic heterocycles. The van der Waals surface area contributed by atoms with Gasteiger partial charge in [0, 0.05) is 6.42 Å². The summed E-state index contributed by atoms with van der Waals surface area (Å²) < 4.78 is 23.9. The van der Waals surface area contributed by atoms with Crippen LogP contribution in [0.1, 0.15) is 380 Å². The maximum absolute atomic E-state index is 13.1. The van der Waals surface area contributed by atoms with Crippen LogP contribution in [0.5, 0.6) is 0 Å². The van der Waals surface area contributed by atoms with Gasteiger partial charge in [-0.15, -0.1) is 0 Å². The lowest BCUT2D eigenvalue weighted by Crippen LogP contribution is -2.46. The Morgan fingerprint density at radius 3 is 1.00 bits per heavy atom. The topological polar surface area (TPSA) is 105 Å². The Balaban J connectivity index is 3.94. The summed E-state index contributed by atoms with van der Waals surface area (Å²) in [4.78, 5) is 23.5. The molecule has 0 aliphatic rings. The molecule has 9 heteroatoms. The Morgan fingerprint density at radius 2 is 0.687 bits per heavy atom. The molecule has 0 bridgehead atoms. The lowest BCUT2D eigenvalue weighted by molar-refractivity contribution is -0.870. The third-order valence-electron chi connectivity index (χ3n) is 17.1. The van der Waals surface area contributed by atoms with Crippen LogP contribution in [0.3, 0.4) is 0 Å². The molecule has 1 amide bonds. The average molecular weight is 1190 g/mol. The lowest BCUT2D eigenvalue weighted by atomic mass is 10.0. The fourth-order valence-electron chi connectivity index (χ4n) is 11.4. The molecule has 8 nitrogen and oxygen atoms in total. The number of hydrogen-bond acceptors (Lipinski definition) is 5. The number of likely N-dealkylation sites (N-methyl/N-ethyl adjacent to an activating group) is 1. The first-order chi connectivity index (χ1) is 40.5. The number of unbranched alkanes of at least 4 members (excludes halogenated alkanes) is 50. The second-order valence-electron chi connectivity index (χ2n) is 26.7. The molecule has 0 saturated carbocycles. The smallest absolute Gasteiger partial charge is 0.391 e. The van der Waals surface area contributed by atoms with Gasteiger partial charge < -0.3 is 19.8 Å². The molecule has 492 valence electrons. The van der Waals surface area contributed by atoms with Crippen LogP contribution in [0.2, 0.25) is 0 Å². The van der Waals surface area contributed by atoms with Crippen LogP contribution in [-0.4, -0.2) is 73.4 Å². The summed E-state index contributed by atoms with van der Waals surface area (Å²) in [6.45, 7) is 4.94. The van der Waals surface area contributed by atoms with Crippen molar-refractivity contribution < 1.29 is 32.9 Å². The highest BCUT2D eigenvalue weighted by Gasteiger charge is 2.28. The van der Waals surface area contributed by atoms with E-state index in [1.807, 2.05) is 21.1 Å². The van der Waals surface area contributed by atoms with Crippen molar-refractivity contribution in [1.29, 1.82) is 0 Å². The fourth-order valence-corrected chi connectivity index (χ4v) is 12.1. The summed E-state index contributed by atoms with van der Waals surface area (Å²) in [6, 6.07) is -0.760. The number of aliphatic hydroxyl groups excluding tert-OH is 1. The standard InChI is InChI=1S/C74H145N2O6P/c1-6-8-10-12-14-16-18-20-22-24-26-28-30-32-33-34-35-36-37-38-39-40-41-42-43-44-46-48-50-52-54-56-58-60-62-64-66-68-74(78)75-72(71-82-83(79,80)81-70-69-76(3,4)5)73(77)67-65-63-61-59-57-55-53-51-49-47-45-31-29-27-25-23-21-19-17-15-13-11-9-7-2/h18,20,24,26,30,32,72-73,77H,6-17,19,21-23,25,27-29,31,33-71H2,1-5H3,(H-,75,78,79,80)/p+1/b20-18-,26-24-,32-30-. The maximum atomic E-state index is 13.1. The number of carbonyl (C=O) groups is 1. The predicted molar refractivity (Wildman–Crippen MR) is 365 cm³/mol. The molecular formula is C74H146N2O6P+. The number of amides is 1. The van der Waals surface area contributed by atoms with E-state index in [9.17, 15) is 19.4 Å². The Bertz CT molecular complexity index is 1450. The molecule has 0 spiro atoms. The molecule has 0 aromatic heterocycles. The van der Waals surface area contributed by atoms with Crippen molar-refractivity contribution in [3.05, 3.63) is 36.5 Å². The second-order valence-corrected chi connectivity index (χ2v) is 28.1. The first-order valence-corrected chi connectivity index (χ1v) is 38.3. The fraction of sp³-hybridized carbons (Fsp3) is 0.905. The molecule has 3 unspecified atom stereocenters. The van der Waals surface area contributed by atoms with Crippen molar-refractivity contribution in [2.45, 2.75) is 392 Å². The quantitative estimate of drug-likeness (QED) is 0.0243. The number of hydrogen-bond donors (Lipinski definition) is 3. The van der Waals surface area contributed by atoms with Crippen LogP contribution < -0.4 is 5.32 Å². The normalized spacial score (nSPS) is 13.8. The zero-order valence-electron chi connectivity index (χ0n) is 56.5. The van der Waals surface area contributed by atoms with Gasteiger partial charge in [-0.1, -0.05) is 359 Å². The number of phosphoric acid groups is 1. The summed E-state index contributed by atoms with van der Waals surface area (Å²) in [5.74, 6) is -0.136. The van der Waals surface area contributed by atoms with Crippen molar-refractivity contribution in [3.63, 3.8) is 0 Å². The highest BCUT2D eigenvalue weighted by molar-refractivity contribution is 7.47. The van der Waals surface area contributed by atoms with E-state index in [0.29, 0.717) is 23.9 Å². The van der Waals surface area contributed by atoms with Gasteiger partial charge in [0.2, 0.25) is 5.91 Å². The summed E-state index contributed by atoms with van der Waals surface area (Å²) in [6.07, 6.45) is 86.9. The molecule has 0 aromatic carbocycles. The van der Waals surface area contributed by atoms with Crippen LogP contribution >= 0.6 is 7.82 Å². The summed E-state index contributed by atoms with van der Waals surface area (Å²) in [5.41, 5.74) is 0. The number of phosphoric ester groups is 1. The second kappa shape index (κ2) is 65.2. The minimum atomic E-state index is -4.33. The van der Waals surface area contributed by atoms with Crippen LogP contribution in [-0.2, 0) is 18.4 Å². The van der Waals surface area contributed by atoms with E-state index in [2.05, 4.69) is 55.6 Å². The van der Waals surface area contributed by atoms with E-state index in [4.69, 9.17) is 9.05 Å². The molecule has 3 atom stereocenters. The highest BCUT2D eigenvalue weighted by atomic mass is 31.2. The number of allylic oxidation sites excluding steroid dienone is 6. The van der Waals surface area contributed by atoms with Gasteiger partial charge in [-0.25, -0.2) is 4.57 Å². The Morgan fingerprint density at radius 1 is 0.410 bits per heavy atom. The van der Waals surface area contributed by atoms with Gasteiger partial charge >= 0.3 is 7.82 Å². The molecule has 3 N–H and O–H groups in total. The van der Waals surface area contributed by atoms with Crippen molar-refractivity contribution >= 4 is 13.7 Å². The average Bonchev–Trinajstić information content (AvgIpc) is 3.50. The third-order valence-corrected chi connectivity index (χ3v) is 18.1. The van der Waals surface area contributed by atoms with E-state index in [-0.39, 0.29) is 19.1 Å². The molecule has 0 rings (SSSR count). The molecule has 0 aromatic rings. The summed E-state index contributed by atoms with van der Waals surface area (Å²) in [7, 11) is 1.64. The van der Waals surface area contributed by atoms with Gasteiger partial charge in [0.05, 0.1) is 39.9 Å². The molecule has 83 heavy (non-hydrogen) atoms. The van der Waals surface area contributed by atoms with Crippen molar-refractivity contribution in [1.82, 2.24) is 5.32 Å². The Labute approximate surface area is 518 Å². The van der Waals surface area contributed by atoms with E-state index in [1.54, 1.807) is 0 Å². The van der Waals surface area contributed by atoms with Gasteiger partial charge in [-0.2, -0.15) is 0 Å². The van der Waals surface area contributed by atoms with Crippen LogP contribution in [0.15, 0.2) is 36.5 Å². The summed E-state index contributed by atoms with van der Waals surface area (Å²) in [5, 5.41) is 14.2. The van der Waals surface area contributed by atoms with Gasteiger partial charge in [0.15, 0.2) is 0 Å². The molecule has 0 radical (unpaired) electrons. The number of nitrogens with one attached hydrogen (secondary N) is 1. The largest absolute Gasteiger partial charge is 0.472 e. The van der Waals surface area contributed by atoms with Crippen molar-refractivity contribution in [2.24, 2.45) is 0 Å². The molecule has 0 fully saturated rings. The first kappa shape index (κ1) is 81.7. The zero-order chi connectivity index (χ0) is 60.5. The van der Waals surface area contributed by atoms with E-state index in [1.165, 1.54) is 302 Å². The third kappa shape index (κ3) is 68.1. The minimum Gasteiger partial charge on any atom is -0.391 e. The molecule has 0 aliphatic carbocycles. The van der Waals surface area contributed by atoms with Crippen LogP contribution in [0, 0.1) is 0 Å². The van der Waals surface area contributed by atoms with E-state index >= 15 is 0 Å². The number of carbonyl (C=O) groups excluding carboxylic acids is 1. The Kier molecular flexibility index (Phi) is 64.2. The number of quaternary nitrogens is 1. The zero-order valence-corrected chi connectivity index (χ0v) is 57.4. The monoisotopic (exact) mass is 1190 g/mol. The SMILES string of the molecule is CCCCCCC/C=C\C/C=C\C/C=C\CCCCCCCCCCCCCCCCCCCCCCCCC(=O)NC(COP(=O)(O)OCC[N+](C)(C)C)C(O)CCCCCCCCCCCCCCCCCCCCCCCCCC. The molecular weight excluding hydrogens is 1040 g/mol. The summed E-state index contributed by atoms with van der Waals surface area (Å²) >= 11 is 0. The van der Waals surface area contributed by atoms with E-state index in [0.717, 1.165) is 51.4 Å². The van der Waals surface area contributed by atoms with Crippen LogP contribution in [0.25, 0.3) is 0 Å². The number of rotatable bonds is 69. The lowest BCUT2D eigenvalue weighted by Gasteiger charge is -2.26. The highest BCUT2D eigenvalue weighted by Crippen LogP contribution is 2.43. The van der Waals surface area contributed by atoms with E-state index < -0.39 is 20.0 Å². The first-order valence-electron chi connectivity index (χ1n) is 36.9. The van der Waals surface area contributed by atoms with Crippen molar-refractivity contribution in [2.75, 3.05) is 40.9 Å². The van der Waals surface area contributed by atoms with Gasteiger partial charge in [-0.3, -0.25) is 13.8 Å².